The van der Waals surface area contributed by atoms with Crippen molar-refractivity contribution in [1.29, 1.82) is 0 Å². The van der Waals surface area contributed by atoms with Crippen LogP contribution in [0.2, 0.25) is 0 Å². The number of hydrogen-bond donors (Lipinski definition) is 1. The molecule has 1 amide bonds. The summed E-state index contributed by atoms with van der Waals surface area (Å²) in [6.45, 7) is 2.00. The Balaban J connectivity index is 1.31. The van der Waals surface area contributed by atoms with Crippen molar-refractivity contribution in [3.8, 4) is 5.69 Å². The van der Waals surface area contributed by atoms with Crippen LogP contribution in [-0.2, 0) is 0 Å². The van der Waals surface area contributed by atoms with E-state index in [1.807, 2.05) is 27.8 Å². The van der Waals surface area contributed by atoms with E-state index in [2.05, 4.69) is 10.3 Å². The second-order valence-electron chi connectivity index (χ2n) is 6.93. The number of halogens is 2. The third-order valence-corrected chi connectivity index (χ3v) is 5.04. The first-order valence-corrected chi connectivity index (χ1v) is 9.17. The highest BCUT2D eigenvalue weighted by Gasteiger charge is 2.24. The molecule has 1 N–H and O–H groups in total. The second kappa shape index (κ2) is 7.80. The van der Waals surface area contributed by atoms with Crippen molar-refractivity contribution in [2.45, 2.75) is 6.42 Å². The predicted molar refractivity (Wildman–Crippen MR) is 103 cm³/mol. The number of rotatable bonds is 5. The van der Waals surface area contributed by atoms with Gasteiger partial charge in [0.2, 0.25) is 0 Å². The predicted octanol–water partition coefficient (Wildman–Crippen LogP) is 3.41. The van der Waals surface area contributed by atoms with E-state index in [0.717, 1.165) is 24.7 Å². The van der Waals surface area contributed by atoms with Crippen LogP contribution >= 0.6 is 0 Å². The Morgan fingerprint density at radius 1 is 1.11 bits per heavy atom. The van der Waals surface area contributed by atoms with Gasteiger partial charge in [0.1, 0.15) is 0 Å². The third kappa shape index (κ3) is 3.88. The van der Waals surface area contributed by atoms with Gasteiger partial charge in [-0.1, -0.05) is 0 Å². The van der Waals surface area contributed by atoms with Crippen LogP contribution < -0.4 is 10.2 Å². The average molecular weight is 382 g/mol. The van der Waals surface area contributed by atoms with Crippen LogP contribution in [0.1, 0.15) is 16.8 Å². The number of imidazole rings is 1. The fourth-order valence-corrected chi connectivity index (χ4v) is 3.45. The van der Waals surface area contributed by atoms with Crippen LogP contribution in [0.5, 0.6) is 0 Å². The number of anilines is 1. The number of aromatic nitrogens is 2. The molecule has 3 aromatic rings. The number of hydrogen-bond acceptors (Lipinski definition) is 3. The zero-order valence-electron chi connectivity index (χ0n) is 15.2. The molecule has 1 atom stereocenters. The van der Waals surface area contributed by atoms with Gasteiger partial charge in [0.05, 0.1) is 6.33 Å². The molecule has 2 heterocycles. The molecule has 0 spiro atoms. The normalized spacial score (nSPS) is 16.4. The number of benzene rings is 2. The standard InChI is InChI=1S/C21H20F2N4O/c22-19-6-5-18(11-20(19)23)26-9-7-15(13-26)12-25-21(28)16-1-3-17(4-2-16)27-10-8-24-14-27/h1-6,8,10-11,14-15H,7,9,12-13H2,(H,25,28)/t15-/m0/s1. The summed E-state index contributed by atoms with van der Waals surface area (Å²) in [6, 6.07) is 11.3. The van der Waals surface area contributed by atoms with Crippen molar-refractivity contribution in [2.24, 2.45) is 5.92 Å². The van der Waals surface area contributed by atoms with Gasteiger partial charge in [-0.25, -0.2) is 13.8 Å². The number of carbonyl (C=O) groups excluding carboxylic acids is 1. The van der Waals surface area contributed by atoms with Gasteiger partial charge in [-0.15, -0.1) is 0 Å². The van der Waals surface area contributed by atoms with Gasteiger partial charge in [0.25, 0.3) is 5.91 Å². The van der Waals surface area contributed by atoms with Gasteiger partial charge in [-0.05, 0) is 48.7 Å². The highest BCUT2D eigenvalue weighted by atomic mass is 19.2. The maximum atomic E-state index is 13.4. The lowest BCUT2D eigenvalue weighted by Crippen LogP contribution is -2.31. The topological polar surface area (TPSA) is 50.2 Å². The first kappa shape index (κ1) is 18.2. The van der Waals surface area contributed by atoms with Gasteiger partial charge >= 0.3 is 0 Å². The molecular formula is C21H20F2N4O. The molecule has 0 unspecified atom stereocenters. The first-order valence-electron chi connectivity index (χ1n) is 9.17. The maximum Gasteiger partial charge on any atom is 0.251 e. The molecule has 5 nitrogen and oxygen atoms in total. The van der Waals surface area contributed by atoms with Crippen LogP contribution in [0.4, 0.5) is 14.5 Å². The van der Waals surface area contributed by atoms with Crippen LogP contribution in [0, 0.1) is 17.6 Å². The SMILES string of the molecule is O=C(NC[C@@H]1CCN(c2ccc(F)c(F)c2)C1)c1ccc(-n2ccnc2)cc1. The molecular weight excluding hydrogens is 362 g/mol. The highest BCUT2D eigenvalue weighted by Crippen LogP contribution is 2.25. The Bertz CT molecular complexity index is 957. The van der Waals surface area contributed by atoms with E-state index in [1.165, 1.54) is 6.07 Å². The van der Waals surface area contributed by atoms with E-state index in [0.29, 0.717) is 24.3 Å². The van der Waals surface area contributed by atoms with Crippen LogP contribution in [-0.4, -0.2) is 35.1 Å². The molecule has 1 fully saturated rings. The van der Waals surface area contributed by atoms with E-state index >= 15 is 0 Å². The highest BCUT2D eigenvalue weighted by molar-refractivity contribution is 5.94. The lowest BCUT2D eigenvalue weighted by atomic mass is 10.1. The van der Waals surface area contributed by atoms with Crippen LogP contribution in [0.15, 0.2) is 61.2 Å². The van der Waals surface area contributed by atoms with E-state index in [-0.39, 0.29) is 11.8 Å². The maximum absolute atomic E-state index is 13.4. The molecule has 28 heavy (non-hydrogen) atoms. The molecule has 0 radical (unpaired) electrons. The average Bonchev–Trinajstić information content (AvgIpc) is 3.40. The summed E-state index contributed by atoms with van der Waals surface area (Å²) in [6.07, 6.45) is 6.13. The number of nitrogens with one attached hydrogen (secondary N) is 1. The Labute approximate surface area is 161 Å². The van der Waals surface area contributed by atoms with Crippen molar-refractivity contribution in [1.82, 2.24) is 14.9 Å². The minimum Gasteiger partial charge on any atom is -0.371 e. The van der Waals surface area contributed by atoms with E-state index in [4.69, 9.17) is 0 Å². The van der Waals surface area contributed by atoms with Crippen LogP contribution in [0.25, 0.3) is 5.69 Å². The summed E-state index contributed by atoms with van der Waals surface area (Å²) in [5.41, 5.74) is 2.20. The summed E-state index contributed by atoms with van der Waals surface area (Å²) in [7, 11) is 0. The molecule has 0 saturated carbocycles. The van der Waals surface area contributed by atoms with E-state index < -0.39 is 11.6 Å². The summed E-state index contributed by atoms with van der Waals surface area (Å²) < 4.78 is 28.4. The van der Waals surface area contributed by atoms with Gasteiger partial charge in [-0.3, -0.25) is 4.79 Å². The molecule has 7 heteroatoms. The Morgan fingerprint density at radius 3 is 2.61 bits per heavy atom. The smallest absolute Gasteiger partial charge is 0.251 e. The van der Waals surface area contributed by atoms with Crippen molar-refractivity contribution in [3.63, 3.8) is 0 Å². The molecule has 1 aromatic heterocycles. The first-order chi connectivity index (χ1) is 13.6. The Hall–Kier alpha value is -3.22. The zero-order chi connectivity index (χ0) is 19.5. The second-order valence-corrected chi connectivity index (χ2v) is 6.93. The zero-order valence-corrected chi connectivity index (χ0v) is 15.2. The summed E-state index contributed by atoms with van der Waals surface area (Å²) in [5, 5.41) is 2.97. The summed E-state index contributed by atoms with van der Waals surface area (Å²) >= 11 is 0. The fraction of sp³-hybridized carbons (Fsp3) is 0.238. The van der Waals surface area contributed by atoms with Gasteiger partial charge in [0, 0.05) is 55.0 Å². The van der Waals surface area contributed by atoms with Crippen molar-refractivity contribution in [2.75, 3.05) is 24.5 Å². The fourth-order valence-electron chi connectivity index (χ4n) is 3.45. The van der Waals surface area contributed by atoms with Crippen molar-refractivity contribution >= 4 is 11.6 Å². The van der Waals surface area contributed by atoms with Gasteiger partial charge in [0.15, 0.2) is 11.6 Å². The van der Waals surface area contributed by atoms with Gasteiger partial charge < -0.3 is 14.8 Å². The molecule has 0 aliphatic carbocycles. The molecule has 2 aromatic carbocycles. The lowest BCUT2D eigenvalue weighted by molar-refractivity contribution is 0.0948. The minimum absolute atomic E-state index is 0.122. The largest absolute Gasteiger partial charge is 0.371 e. The van der Waals surface area contributed by atoms with Crippen molar-refractivity contribution < 1.29 is 13.6 Å². The summed E-state index contributed by atoms with van der Waals surface area (Å²) in [4.78, 5) is 18.4. The van der Waals surface area contributed by atoms with Gasteiger partial charge in [-0.2, -0.15) is 0 Å². The number of nitrogens with zero attached hydrogens (tertiary/aromatic N) is 3. The molecule has 144 valence electrons. The van der Waals surface area contributed by atoms with E-state index in [9.17, 15) is 13.6 Å². The lowest BCUT2D eigenvalue weighted by Gasteiger charge is -2.19. The number of carbonyl (C=O) groups is 1. The molecule has 1 aliphatic heterocycles. The molecule has 1 saturated heterocycles. The van der Waals surface area contributed by atoms with E-state index in [1.54, 1.807) is 30.7 Å². The minimum atomic E-state index is -0.842. The Morgan fingerprint density at radius 2 is 1.89 bits per heavy atom. The molecule has 4 rings (SSSR count). The monoisotopic (exact) mass is 382 g/mol. The summed E-state index contributed by atoms with van der Waals surface area (Å²) in [5.74, 6) is -1.54. The van der Waals surface area contributed by atoms with Crippen LogP contribution in [0.3, 0.4) is 0 Å². The quantitative estimate of drug-likeness (QED) is 0.736. The van der Waals surface area contributed by atoms with Crippen molar-refractivity contribution in [3.05, 3.63) is 78.4 Å². The third-order valence-electron chi connectivity index (χ3n) is 5.04. The molecule has 0 bridgehead atoms. The Kier molecular flexibility index (Phi) is 5.06. The number of amides is 1. The molecule has 1 aliphatic rings.